The van der Waals surface area contributed by atoms with Crippen LogP contribution < -0.4 is 0 Å². The van der Waals surface area contributed by atoms with Crippen molar-refractivity contribution >= 4 is 11.9 Å². The second-order valence-electron chi connectivity index (χ2n) is 12.6. The molecule has 0 aromatic heterocycles. The maximum absolute atomic E-state index is 12.6. The molecule has 8 atom stereocenters. The summed E-state index contributed by atoms with van der Waals surface area (Å²) in [5, 5.41) is 24.5. The summed E-state index contributed by atoms with van der Waals surface area (Å²) in [7, 11) is 0. The van der Waals surface area contributed by atoms with Crippen molar-refractivity contribution in [2.24, 2.45) is 11.3 Å². The molecule has 0 amide bonds. The molecule has 2 saturated carbocycles. The average Bonchev–Trinajstić information content (AvgIpc) is 3.11. The Morgan fingerprint density at radius 3 is 2.02 bits per heavy atom. The van der Waals surface area contributed by atoms with Gasteiger partial charge in [-0.2, -0.15) is 0 Å². The van der Waals surface area contributed by atoms with Crippen molar-refractivity contribution in [1.29, 1.82) is 0 Å². The molecule has 2 bridgehead atoms. The molecule has 3 aliphatic rings. The predicted molar refractivity (Wildman–Crippen MR) is 152 cm³/mol. The van der Waals surface area contributed by atoms with Gasteiger partial charge in [-0.1, -0.05) is 60.7 Å². The van der Waals surface area contributed by atoms with E-state index >= 15 is 0 Å². The van der Waals surface area contributed by atoms with Crippen LogP contribution in [0.15, 0.2) is 60.7 Å². The van der Waals surface area contributed by atoms with Crippen molar-refractivity contribution in [2.75, 3.05) is 6.61 Å². The highest BCUT2D eigenvalue weighted by Gasteiger charge is 2.85. The van der Waals surface area contributed by atoms with E-state index in [1.165, 1.54) is 13.8 Å². The number of esters is 2. The first kappa shape index (κ1) is 30.6. The fraction of sp³-hybridized carbons (Fsp3) is 0.576. The van der Waals surface area contributed by atoms with E-state index in [0.717, 1.165) is 11.1 Å². The Bertz CT molecular complexity index is 1260. The van der Waals surface area contributed by atoms with E-state index in [-0.39, 0.29) is 26.2 Å². The van der Waals surface area contributed by atoms with Gasteiger partial charge in [0.25, 0.3) is 0 Å². The first-order valence-corrected chi connectivity index (χ1v) is 14.6. The maximum atomic E-state index is 12.6. The van der Waals surface area contributed by atoms with Gasteiger partial charge >= 0.3 is 11.9 Å². The van der Waals surface area contributed by atoms with Crippen molar-refractivity contribution in [3.05, 3.63) is 71.8 Å². The van der Waals surface area contributed by atoms with Crippen LogP contribution in [0, 0.1) is 11.3 Å². The lowest BCUT2D eigenvalue weighted by molar-refractivity contribution is -0.359. The quantitative estimate of drug-likeness (QED) is 0.426. The minimum absolute atomic E-state index is 0.137. The Hall–Kier alpha value is -2.82. The van der Waals surface area contributed by atoms with Crippen molar-refractivity contribution in [3.8, 4) is 0 Å². The summed E-state index contributed by atoms with van der Waals surface area (Å²) < 4.78 is 32.0. The van der Waals surface area contributed by atoms with E-state index in [0.29, 0.717) is 6.42 Å². The molecule has 1 heterocycles. The third kappa shape index (κ3) is 4.95. The molecule has 2 aliphatic carbocycles. The van der Waals surface area contributed by atoms with Crippen LogP contribution in [0.5, 0.6) is 0 Å². The Balaban J connectivity index is 1.71. The molecular weight excluding hydrogens is 540 g/mol. The molecule has 5 rings (SSSR count). The molecule has 2 aromatic rings. The Kier molecular flexibility index (Phi) is 8.28. The lowest BCUT2D eigenvalue weighted by Crippen LogP contribution is -2.83. The van der Waals surface area contributed by atoms with Crippen LogP contribution in [0.2, 0.25) is 0 Å². The molecular formula is C33H42O9. The number of rotatable bonds is 9. The molecule has 2 aromatic carbocycles. The smallest absolute Gasteiger partial charge is 0.303 e. The van der Waals surface area contributed by atoms with E-state index < -0.39 is 64.5 Å². The summed E-state index contributed by atoms with van der Waals surface area (Å²) in [4.78, 5) is 25.0. The van der Waals surface area contributed by atoms with Gasteiger partial charge in [0.15, 0.2) is 0 Å². The number of carbonyl (C=O) groups is 2. The zero-order valence-electron chi connectivity index (χ0n) is 24.9. The lowest BCUT2D eigenvalue weighted by atomic mass is 9.46. The summed E-state index contributed by atoms with van der Waals surface area (Å²) in [6.45, 7) is 7.94. The summed E-state index contributed by atoms with van der Waals surface area (Å²) in [5.41, 5.74) is -4.02. The molecule has 228 valence electrons. The fourth-order valence-corrected chi connectivity index (χ4v) is 7.86. The van der Waals surface area contributed by atoms with E-state index in [9.17, 15) is 19.8 Å². The number of aliphatic hydroxyl groups excluding tert-OH is 1. The number of hydrogen-bond acceptors (Lipinski definition) is 9. The molecule has 0 unspecified atom stereocenters. The Labute approximate surface area is 247 Å². The highest BCUT2D eigenvalue weighted by molar-refractivity contribution is 5.67. The fourth-order valence-electron chi connectivity index (χ4n) is 7.86. The SMILES string of the molecule is CC(=O)OC[C@@]12[C@@H](OCc3ccccc3)CC[C@](C)(O)[C@]13OC(C)(C)[C@H]([C@H](OC(C)=O)[C@H]2OCc1ccccc1)[C@H]3O. The van der Waals surface area contributed by atoms with Crippen molar-refractivity contribution < 1.29 is 43.5 Å². The van der Waals surface area contributed by atoms with Gasteiger partial charge in [-0.05, 0) is 44.7 Å². The largest absolute Gasteiger partial charge is 0.465 e. The second kappa shape index (κ2) is 11.4. The van der Waals surface area contributed by atoms with E-state index in [4.69, 9.17) is 23.7 Å². The topological polar surface area (TPSA) is 121 Å². The number of fused-ring (bicyclic) bond motifs is 1. The zero-order chi connectivity index (χ0) is 30.3. The van der Waals surface area contributed by atoms with Crippen LogP contribution in [-0.4, -0.2) is 70.0 Å². The van der Waals surface area contributed by atoms with Crippen LogP contribution in [0.1, 0.15) is 58.6 Å². The van der Waals surface area contributed by atoms with Crippen LogP contribution in [0.4, 0.5) is 0 Å². The highest BCUT2D eigenvalue weighted by atomic mass is 16.6. The second-order valence-corrected chi connectivity index (χ2v) is 12.6. The van der Waals surface area contributed by atoms with Crippen LogP contribution >= 0.6 is 0 Å². The van der Waals surface area contributed by atoms with Gasteiger partial charge in [-0.15, -0.1) is 0 Å². The third-order valence-corrected chi connectivity index (χ3v) is 9.49. The zero-order valence-corrected chi connectivity index (χ0v) is 24.9. The van der Waals surface area contributed by atoms with Gasteiger partial charge in [-0.3, -0.25) is 9.59 Å². The molecule has 9 nitrogen and oxygen atoms in total. The normalized spacial score (nSPS) is 36.6. The van der Waals surface area contributed by atoms with E-state index in [1.807, 2.05) is 74.5 Å². The highest BCUT2D eigenvalue weighted by Crippen LogP contribution is 2.68. The minimum Gasteiger partial charge on any atom is -0.465 e. The number of hydrogen-bond donors (Lipinski definition) is 2. The first-order valence-electron chi connectivity index (χ1n) is 14.6. The molecule has 1 saturated heterocycles. The summed E-state index contributed by atoms with van der Waals surface area (Å²) in [6, 6.07) is 19.2. The van der Waals surface area contributed by atoms with E-state index in [2.05, 4.69) is 0 Å². The number of carbonyl (C=O) groups excluding carboxylic acids is 2. The van der Waals surface area contributed by atoms with Crippen LogP contribution in [-0.2, 0) is 46.5 Å². The third-order valence-electron chi connectivity index (χ3n) is 9.49. The predicted octanol–water partition coefficient (Wildman–Crippen LogP) is 3.72. The molecule has 2 N–H and O–H groups in total. The van der Waals surface area contributed by atoms with Crippen LogP contribution in [0.3, 0.4) is 0 Å². The molecule has 1 spiro atoms. The minimum atomic E-state index is -1.69. The Morgan fingerprint density at radius 1 is 0.905 bits per heavy atom. The molecule has 3 fully saturated rings. The summed E-state index contributed by atoms with van der Waals surface area (Å²) in [6.07, 6.45) is -3.41. The number of ether oxygens (including phenoxy) is 5. The first-order chi connectivity index (χ1) is 19.9. The van der Waals surface area contributed by atoms with Crippen molar-refractivity contribution in [1.82, 2.24) is 0 Å². The molecule has 42 heavy (non-hydrogen) atoms. The van der Waals surface area contributed by atoms with Gasteiger partial charge in [0.05, 0.1) is 48.0 Å². The van der Waals surface area contributed by atoms with Gasteiger partial charge < -0.3 is 33.9 Å². The van der Waals surface area contributed by atoms with Gasteiger partial charge in [0.1, 0.15) is 24.4 Å². The van der Waals surface area contributed by atoms with Crippen molar-refractivity contribution in [3.63, 3.8) is 0 Å². The number of benzene rings is 2. The lowest BCUT2D eigenvalue weighted by Gasteiger charge is -2.66. The van der Waals surface area contributed by atoms with E-state index in [1.54, 1.807) is 6.92 Å². The van der Waals surface area contributed by atoms with Crippen molar-refractivity contribution in [2.45, 2.75) is 102 Å². The molecule has 0 radical (unpaired) electrons. The summed E-state index contributed by atoms with van der Waals surface area (Å²) in [5.74, 6) is -1.86. The van der Waals surface area contributed by atoms with Gasteiger partial charge in [0, 0.05) is 13.8 Å². The van der Waals surface area contributed by atoms with Gasteiger partial charge in [-0.25, -0.2) is 0 Å². The van der Waals surface area contributed by atoms with Crippen LogP contribution in [0.25, 0.3) is 0 Å². The molecule has 1 aliphatic heterocycles. The maximum Gasteiger partial charge on any atom is 0.303 e. The average molecular weight is 583 g/mol. The Morgan fingerprint density at radius 2 is 1.48 bits per heavy atom. The molecule has 9 heteroatoms. The van der Waals surface area contributed by atoms with Gasteiger partial charge in [0.2, 0.25) is 0 Å². The number of aliphatic hydroxyl groups is 2. The summed E-state index contributed by atoms with van der Waals surface area (Å²) >= 11 is 0. The standard InChI is InChI=1S/C33H42O9/c1-21(34)40-20-32-25(38-18-23-12-8-6-9-13-23)16-17-31(5,37)33(32)28(36)26(30(3,4)42-33)27(41-22(2)35)29(32)39-19-24-14-10-7-11-15-24/h6-15,25-29,36-37H,16-20H2,1-5H3/t25-,26+,27-,28+,29+,31-,32-,33-/m0/s1. The monoisotopic (exact) mass is 582 g/mol.